The van der Waals surface area contributed by atoms with E-state index in [1.165, 1.54) is 12.1 Å². The third kappa shape index (κ3) is 4.52. The fourth-order valence-corrected chi connectivity index (χ4v) is 4.81. The summed E-state index contributed by atoms with van der Waals surface area (Å²) in [6.07, 6.45) is 1.99. The standard InChI is InChI=1S/C21H25FN2O3S/c1-16-5-9-19(10-6-16)24(15-21(25)23-13-3-4-17(2)14-23)28(26,27)20-11-7-18(22)8-12-20/h5-12,17H,3-4,13-15H2,1-2H3/t17-/m0/s1. The number of hydrogen-bond donors (Lipinski definition) is 0. The number of rotatable bonds is 5. The molecule has 0 radical (unpaired) electrons. The summed E-state index contributed by atoms with van der Waals surface area (Å²) >= 11 is 0. The molecule has 150 valence electrons. The number of carbonyl (C=O) groups excluding carboxylic acids is 1. The van der Waals surface area contributed by atoms with Crippen molar-refractivity contribution >= 4 is 21.6 Å². The molecule has 1 aliphatic heterocycles. The zero-order valence-corrected chi connectivity index (χ0v) is 17.0. The number of amides is 1. The van der Waals surface area contributed by atoms with Crippen LogP contribution in [0.3, 0.4) is 0 Å². The number of hydrogen-bond acceptors (Lipinski definition) is 3. The van der Waals surface area contributed by atoms with Gasteiger partial charge in [0, 0.05) is 13.1 Å². The predicted molar refractivity (Wildman–Crippen MR) is 107 cm³/mol. The van der Waals surface area contributed by atoms with E-state index < -0.39 is 15.8 Å². The largest absolute Gasteiger partial charge is 0.341 e. The van der Waals surface area contributed by atoms with E-state index in [2.05, 4.69) is 6.92 Å². The highest BCUT2D eigenvalue weighted by Crippen LogP contribution is 2.25. The number of aryl methyl sites for hydroxylation is 1. The van der Waals surface area contributed by atoms with Gasteiger partial charge in [-0.15, -0.1) is 0 Å². The number of piperidine rings is 1. The molecule has 1 aliphatic rings. The van der Waals surface area contributed by atoms with E-state index in [4.69, 9.17) is 0 Å². The van der Waals surface area contributed by atoms with Crippen LogP contribution in [0.4, 0.5) is 10.1 Å². The average molecular weight is 405 g/mol. The molecule has 0 saturated carbocycles. The molecule has 7 heteroatoms. The lowest BCUT2D eigenvalue weighted by molar-refractivity contribution is -0.131. The fraction of sp³-hybridized carbons (Fsp3) is 0.381. The summed E-state index contributed by atoms with van der Waals surface area (Å²) in [4.78, 5) is 14.6. The molecule has 0 aliphatic carbocycles. The second kappa shape index (κ2) is 8.31. The first kappa shape index (κ1) is 20.3. The van der Waals surface area contributed by atoms with Crippen molar-refractivity contribution in [3.05, 3.63) is 59.9 Å². The Morgan fingerprint density at radius 3 is 2.39 bits per heavy atom. The van der Waals surface area contributed by atoms with E-state index in [0.29, 0.717) is 24.7 Å². The molecule has 1 saturated heterocycles. The van der Waals surface area contributed by atoms with Crippen molar-refractivity contribution in [1.29, 1.82) is 0 Å². The van der Waals surface area contributed by atoms with Gasteiger partial charge in [0.15, 0.2) is 0 Å². The lowest BCUT2D eigenvalue weighted by Crippen LogP contribution is -2.46. The molecule has 28 heavy (non-hydrogen) atoms. The number of carbonyl (C=O) groups is 1. The Bertz CT molecular complexity index is 927. The maximum atomic E-state index is 13.3. The Balaban J connectivity index is 1.94. The summed E-state index contributed by atoms with van der Waals surface area (Å²) in [7, 11) is -4.01. The van der Waals surface area contributed by atoms with E-state index in [1.807, 2.05) is 6.92 Å². The highest BCUT2D eigenvalue weighted by atomic mass is 32.2. The van der Waals surface area contributed by atoms with Gasteiger partial charge in [0.05, 0.1) is 10.6 Å². The molecule has 5 nitrogen and oxygen atoms in total. The van der Waals surface area contributed by atoms with Crippen LogP contribution in [0.15, 0.2) is 53.4 Å². The van der Waals surface area contributed by atoms with Crippen LogP contribution >= 0.6 is 0 Å². The van der Waals surface area contributed by atoms with Crippen molar-refractivity contribution in [2.45, 2.75) is 31.6 Å². The van der Waals surface area contributed by atoms with Gasteiger partial charge in [-0.2, -0.15) is 0 Å². The molecule has 0 spiro atoms. The maximum Gasteiger partial charge on any atom is 0.264 e. The Labute approximate surface area is 165 Å². The average Bonchev–Trinajstić information content (AvgIpc) is 2.67. The number of benzene rings is 2. The zero-order valence-electron chi connectivity index (χ0n) is 16.1. The van der Waals surface area contributed by atoms with Gasteiger partial charge in [-0.25, -0.2) is 12.8 Å². The van der Waals surface area contributed by atoms with E-state index >= 15 is 0 Å². The summed E-state index contributed by atoms with van der Waals surface area (Å²) in [5, 5.41) is 0. The number of anilines is 1. The lowest BCUT2D eigenvalue weighted by Gasteiger charge is -2.33. The number of likely N-dealkylation sites (tertiary alicyclic amines) is 1. The third-order valence-electron chi connectivity index (χ3n) is 5.01. The smallest absolute Gasteiger partial charge is 0.264 e. The van der Waals surface area contributed by atoms with Crippen molar-refractivity contribution in [2.24, 2.45) is 5.92 Å². The number of sulfonamides is 1. The van der Waals surface area contributed by atoms with E-state index in [0.717, 1.165) is 34.8 Å². The van der Waals surface area contributed by atoms with Crippen LogP contribution in [0.2, 0.25) is 0 Å². The molecule has 0 bridgehead atoms. The highest BCUT2D eigenvalue weighted by Gasteiger charge is 2.30. The van der Waals surface area contributed by atoms with Crippen molar-refractivity contribution in [3.8, 4) is 0 Å². The first-order valence-electron chi connectivity index (χ1n) is 9.40. The van der Waals surface area contributed by atoms with Gasteiger partial charge in [-0.05, 0) is 62.1 Å². The Kier molecular flexibility index (Phi) is 6.03. The minimum Gasteiger partial charge on any atom is -0.341 e. The lowest BCUT2D eigenvalue weighted by atomic mass is 10.0. The summed E-state index contributed by atoms with van der Waals surface area (Å²) < 4.78 is 40.9. The second-order valence-corrected chi connectivity index (χ2v) is 9.25. The molecule has 2 aromatic rings. The molecular formula is C21H25FN2O3S. The number of nitrogens with zero attached hydrogens (tertiary/aromatic N) is 2. The fourth-order valence-electron chi connectivity index (χ4n) is 3.40. The van der Waals surface area contributed by atoms with Gasteiger partial charge in [0.25, 0.3) is 10.0 Å². The molecule has 3 rings (SSSR count). The van der Waals surface area contributed by atoms with Gasteiger partial charge in [0.2, 0.25) is 5.91 Å². The quantitative estimate of drug-likeness (QED) is 0.765. The van der Waals surface area contributed by atoms with Crippen LogP contribution in [0, 0.1) is 18.7 Å². The molecule has 1 atom stereocenters. The first-order valence-corrected chi connectivity index (χ1v) is 10.8. The third-order valence-corrected chi connectivity index (χ3v) is 6.80. The van der Waals surface area contributed by atoms with Crippen LogP contribution in [0.5, 0.6) is 0 Å². The van der Waals surface area contributed by atoms with Gasteiger partial charge < -0.3 is 4.90 Å². The van der Waals surface area contributed by atoms with Crippen molar-refractivity contribution < 1.29 is 17.6 Å². The molecular weight excluding hydrogens is 379 g/mol. The number of halogens is 1. The van der Waals surface area contributed by atoms with Crippen LogP contribution in [0.25, 0.3) is 0 Å². The molecule has 1 heterocycles. The van der Waals surface area contributed by atoms with Crippen LogP contribution in [0.1, 0.15) is 25.3 Å². The Morgan fingerprint density at radius 2 is 1.79 bits per heavy atom. The van der Waals surface area contributed by atoms with Gasteiger partial charge in [-0.3, -0.25) is 9.10 Å². The monoisotopic (exact) mass is 404 g/mol. The van der Waals surface area contributed by atoms with Crippen LogP contribution in [-0.2, 0) is 14.8 Å². The minimum atomic E-state index is -4.01. The maximum absolute atomic E-state index is 13.3. The Hall–Kier alpha value is -2.41. The first-order chi connectivity index (χ1) is 13.3. The van der Waals surface area contributed by atoms with Crippen LogP contribution in [-0.4, -0.2) is 38.9 Å². The topological polar surface area (TPSA) is 57.7 Å². The molecule has 1 fully saturated rings. The van der Waals surface area contributed by atoms with E-state index in [-0.39, 0.29) is 17.3 Å². The summed E-state index contributed by atoms with van der Waals surface area (Å²) in [6.45, 7) is 4.99. The summed E-state index contributed by atoms with van der Waals surface area (Å²) in [5.41, 5.74) is 1.40. The molecule has 0 unspecified atom stereocenters. The molecule has 0 aromatic heterocycles. The minimum absolute atomic E-state index is 0.0470. The second-order valence-electron chi connectivity index (χ2n) is 7.39. The normalized spacial score (nSPS) is 17.4. The van der Waals surface area contributed by atoms with E-state index in [9.17, 15) is 17.6 Å². The van der Waals surface area contributed by atoms with Gasteiger partial charge in [0.1, 0.15) is 12.4 Å². The summed E-state index contributed by atoms with van der Waals surface area (Å²) in [6, 6.07) is 11.6. The predicted octanol–water partition coefficient (Wildman–Crippen LogP) is 3.59. The van der Waals surface area contributed by atoms with Gasteiger partial charge in [-0.1, -0.05) is 24.6 Å². The summed E-state index contributed by atoms with van der Waals surface area (Å²) in [5.74, 6) is -0.337. The SMILES string of the molecule is Cc1ccc(N(CC(=O)N2CCC[C@H](C)C2)S(=O)(=O)c2ccc(F)cc2)cc1. The van der Waals surface area contributed by atoms with Crippen molar-refractivity contribution in [2.75, 3.05) is 23.9 Å². The molecule has 1 amide bonds. The molecule has 2 aromatic carbocycles. The zero-order chi connectivity index (χ0) is 20.3. The molecule has 0 N–H and O–H groups in total. The van der Waals surface area contributed by atoms with Crippen molar-refractivity contribution in [1.82, 2.24) is 4.90 Å². The van der Waals surface area contributed by atoms with Crippen molar-refractivity contribution in [3.63, 3.8) is 0 Å². The van der Waals surface area contributed by atoms with Gasteiger partial charge >= 0.3 is 0 Å². The van der Waals surface area contributed by atoms with E-state index in [1.54, 1.807) is 29.2 Å². The van der Waals surface area contributed by atoms with Crippen LogP contribution < -0.4 is 4.31 Å². The highest BCUT2D eigenvalue weighted by molar-refractivity contribution is 7.92. The Morgan fingerprint density at radius 1 is 1.14 bits per heavy atom.